The van der Waals surface area contributed by atoms with Crippen molar-refractivity contribution >= 4 is 11.7 Å². The fraction of sp³-hybridized carbons (Fsp3) is 0.312. The highest BCUT2D eigenvalue weighted by molar-refractivity contribution is 6.44. The molecule has 0 aliphatic carbocycles. The maximum atomic E-state index is 12.0. The highest BCUT2D eigenvalue weighted by atomic mass is 16.6. The van der Waals surface area contributed by atoms with Crippen molar-refractivity contribution in [3.05, 3.63) is 41.2 Å². The Kier molecular flexibility index (Phi) is 5.00. The molecule has 0 saturated heterocycles. The first-order valence-corrected chi connectivity index (χ1v) is 6.95. The number of rotatable bonds is 5. The molecule has 7 nitrogen and oxygen atoms in total. The van der Waals surface area contributed by atoms with Crippen LogP contribution in [0.25, 0.3) is 0 Å². The molecule has 122 valence electrons. The first-order valence-electron chi connectivity index (χ1n) is 6.95. The van der Waals surface area contributed by atoms with E-state index in [9.17, 15) is 4.79 Å². The van der Waals surface area contributed by atoms with Gasteiger partial charge in [0.05, 0.1) is 24.6 Å². The number of esters is 1. The molecule has 0 bridgehead atoms. The number of benzene rings is 1. The number of methoxy groups -OCH3 is 1. The van der Waals surface area contributed by atoms with Crippen LogP contribution in [0.1, 0.15) is 16.8 Å². The molecule has 2 aromatic rings. The third-order valence-electron chi connectivity index (χ3n) is 3.44. The van der Waals surface area contributed by atoms with Gasteiger partial charge in [0, 0.05) is 7.05 Å². The van der Waals surface area contributed by atoms with Crippen LogP contribution in [0.4, 0.5) is 0 Å². The number of nitrogens with zero attached hydrogens (tertiary/aromatic N) is 3. The number of oxime groups is 1. The molecule has 0 fully saturated rings. The van der Waals surface area contributed by atoms with Gasteiger partial charge < -0.3 is 14.3 Å². The number of aryl methyl sites for hydroxylation is 2. The van der Waals surface area contributed by atoms with E-state index in [-0.39, 0.29) is 5.71 Å². The third-order valence-corrected chi connectivity index (χ3v) is 3.44. The van der Waals surface area contributed by atoms with E-state index in [4.69, 9.17) is 14.3 Å². The summed E-state index contributed by atoms with van der Waals surface area (Å²) < 4.78 is 12.4. The van der Waals surface area contributed by atoms with Crippen LogP contribution in [0, 0.1) is 13.8 Å². The molecular weight excluding hydrogens is 298 g/mol. The van der Waals surface area contributed by atoms with Crippen LogP contribution in [0.3, 0.4) is 0 Å². The van der Waals surface area contributed by atoms with E-state index >= 15 is 0 Å². The maximum Gasteiger partial charge on any atom is 0.360 e. The van der Waals surface area contributed by atoms with Crippen LogP contribution in [0.5, 0.6) is 11.5 Å². The van der Waals surface area contributed by atoms with Gasteiger partial charge in [-0.2, -0.15) is 5.10 Å². The van der Waals surface area contributed by atoms with Crippen LogP contribution in [0.15, 0.2) is 29.6 Å². The molecule has 0 aliphatic heterocycles. The zero-order valence-corrected chi connectivity index (χ0v) is 13.8. The Hall–Kier alpha value is -2.83. The van der Waals surface area contributed by atoms with Crippen LogP contribution < -0.4 is 4.74 Å². The quantitative estimate of drug-likeness (QED) is 0.481. The molecule has 1 heterocycles. The van der Waals surface area contributed by atoms with E-state index in [0.29, 0.717) is 17.1 Å². The third kappa shape index (κ3) is 3.33. The molecule has 0 spiro atoms. The van der Waals surface area contributed by atoms with Crippen molar-refractivity contribution in [2.75, 3.05) is 14.2 Å². The summed E-state index contributed by atoms with van der Waals surface area (Å²) in [7, 11) is 4.48. The lowest BCUT2D eigenvalue weighted by Gasteiger charge is -2.13. The Bertz CT molecular complexity index is 750. The molecule has 0 amide bonds. The summed E-state index contributed by atoms with van der Waals surface area (Å²) in [5.74, 6) is 0.470. The van der Waals surface area contributed by atoms with E-state index in [2.05, 4.69) is 10.3 Å². The molecule has 0 radical (unpaired) electrons. The fourth-order valence-corrected chi connectivity index (χ4v) is 2.10. The summed E-state index contributed by atoms with van der Waals surface area (Å²) >= 11 is 0. The fourth-order valence-electron chi connectivity index (χ4n) is 2.10. The lowest BCUT2D eigenvalue weighted by atomic mass is 10.0. The van der Waals surface area contributed by atoms with Crippen LogP contribution in [-0.2, 0) is 21.4 Å². The van der Waals surface area contributed by atoms with Gasteiger partial charge in [-0.25, -0.2) is 4.79 Å². The van der Waals surface area contributed by atoms with Gasteiger partial charge in [-0.15, -0.1) is 0 Å². The first-order chi connectivity index (χ1) is 11.0. The van der Waals surface area contributed by atoms with E-state index in [0.717, 1.165) is 11.3 Å². The highest BCUT2D eigenvalue weighted by Gasteiger charge is 2.23. The highest BCUT2D eigenvalue weighted by Crippen LogP contribution is 2.30. The van der Waals surface area contributed by atoms with Gasteiger partial charge in [0.1, 0.15) is 12.9 Å². The number of aromatic nitrogens is 2. The Morgan fingerprint density at radius 2 is 1.96 bits per heavy atom. The van der Waals surface area contributed by atoms with E-state index in [1.807, 2.05) is 33.0 Å². The second-order valence-corrected chi connectivity index (χ2v) is 4.88. The molecule has 0 unspecified atom stereocenters. The Morgan fingerprint density at radius 3 is 2.52 bits per heavy atom. The average molecular weight is 317 g/mol. The minimum Gasteiger partial charge on any atom is -0.464 e. The number of ether oxygens (including phenoxy) is 2. The largest absolute Gasteiger partial charge is 0.464 e. The summed E-state index contributed by atoms with van der Waals surface area (Å²) in [5.41, 5.74) is 2.24. The summed E-state index contributed by atoms with van der Waals surface area (Å²) in [4.78, 5) is 16.8. The topological polar surface area (TPSA) is 74.9 Å². The zero-order chi connectivity index (χ0) is 17.0. The molecule has 7 heteroatoms. The molecule has 23 heavy (non-hydrogen) atoms. The van der Waals surface area contributed by atoms with Crippen molar-refractivity contribution < 1.29 is 19.1 Å². The van der Waals surface area contributed by atoms with Crippen LogP contribution in [-0.4, -0.2) is 35.7 Å². The second kappa shape index (κ2) is 6.95. The van der Waals surface area contributed by atoms with E-state index < -0.39 is 5.97 Å². The lowest BCUT2D eigenvalue weighted by Crippen LogP contribution is -2.19. The first kappa shape index (κ1) is 16.5. The van der Waals surface area contributed by atoms with E-state index in [1.54, 1.807) is 16.9 Å². The van der Waals surface area contributed by atoms with Gasteiger partial charge in [0.15, 0.2) is 11.5 Å². The van der Waals surface area contributed by atoms with Crippen LogP contribution in [0.2, 0.25) is 0 Å². The van der Waals surface area contributed by atoms with Gasteiger partial charge in [-0.3, -0.25) is 4.68 Å². The predicted molar refractivity (Wildman–Crippen MR) is 84.8 cm³/mol. The Morgan fingerprint density at radius 1 is 1.22 bits per heavy atom. The second-order valence-electron chi connectivity index (χ2n) is 4.88. The van der Waals surface area contributed by atoms with Gasteiger partial charge in [-0.05, 0) is 25.5 Å². The van der Waals surface area contributed by atoms with Gasteiger partial charge in [0.25, 0.3) is 0 Å². The smallest absolute Gasteiger partial charge is 0.360 e. The zero-order valence-electron chi connectivity index (χ0n) is 13.8. The SMILES string of the molecule is CO/N=C(/C(=O)OC)c1c(C)cccc1Oc1cnn(C)c1C. The van der Waals surface area contributed by atoms with E-state index in [1.165, 1.54) is 14.2 Å². The van der Waals surface area contributed by atoms with Crippen molar-refractivity contribution in [3.63, 3.8) is 0 Å². The van der Waals surface area contributed by atoms with Gasteiger partial charge >= 0.3 is 5.97 Å². The molecule has 0 saturated carbocycles. The number of hydrogen-bond acceptors (Lipinski definition) is 6. The van der Waals surface area contributed by atoms with Gasteiger partial charge in [0.2, 0.25) is 0 Å². The summed E-state index contributed by atoms with van der Waals surface area (Å²) in [6, 6.07) is 5.44. The maximum absolute atomic E-state index is 12.0. The standard InChI is InChI=1S/C16H19N3O4/c1-10-7-6-8-12(23-13-9-17-19(3)11(13)2)14(10)15(18-22-5)16(20)21-4/h6-9H,1-5H3/b18-15+. The Labute approximate surface area is 134 Å². The van der Waals surface area contributed by atoms with Crippen molar-refractivity contribution in [2.45, 2.75) is 13.8 Å². The van der Waals surface area contributed by atoms with Crippen LogP contribution >= 0.6 is 0 Å². The normalized spacial score (nSPS) is 11.3. The van der Waals surface area contributed by atoms with Crippen molar-refractivity contribution in [1.29, 1.82) is 0 Å². The number of carbonyl (C=O) groups excluding carboxylic acids is 1. The monoisotopic (exact) mass is 317 g/mol. The van der Waals surface area contributed by atoms with Crippen molar-refractivity contribution in [1.82, 2.24) is 9.78 Å². The van der Waals surface area contributed by atoms with Crippen molar-refractivity contribution in [2.24, 2.45) is 12.2 Å². The van der Waals surface area contributed by atoms with Gasteiger partial charge in [-0.1, -0.05) is 17.3 Å². The number of carbonyl (C=O) groups is 1. The summed E-state index contributed by atoms with van der Waals surface area (Å²) in [6.07, 6.45) is 1.62. The molecule has 0 N–H and O–H groups in total. The van der Waals surface area contributed by atoms with Crippen molar-refractivity contribution in [3.8, 4) is 11.5 Å². The molecule has 0 aliphatic rings. The average Bonchev–Trinajstić information content (AvgIpc) is 2.85. The predicted octanol–water partition coefficient (Wildman–Crippen LogP) is 2.35. The summed E-state index contributed by atoms with van der Waals surface area (Å²) in [5, 5.41) is 7.94. The Balaban J connectivity index is 2.53. The molecule has 1 aromatic heterocycles. The minimum atomic E-state index is -0.603. The molecular formula is C16H19N3O4. The minimum absolute atomic E-state index is 0.0460. The molecule has 0 atom stereocenters. The lowest BCUT2D eigenvalue weighted by molar-refractivity contribution is -0.132. The summed E-state index contributed by atoms with van der Waals surface area (Å²) in [6.45, 7) is 3.74. The number of hydrogen-bond donors (Lipinski definition) is 0. The molecule has 1 aromatic carbocycles. The molecule has 2 rings (SSSR count).